The van der Waals surface area contributed by atoms with E-state index in [1.807, 2.05) is 0 Å². The maximum absolute atomic E-state index is 13.8. The maximum atomic E-state index is 13.8. The number of rotatable bonds is 4. The third-order valence-electron chi connectivity index (χ3n) is 3.62. The molecule has 1 aromatic heterocycles. The zero-order valence-electron chi connectivity index (χ0n) is 13.0. The highest BCUT2D eigenvalue weighted by molar-refractivity contribution is 6.31. The van der Waals surface area contributed by atoms with Crippen LogP contribution in [0, 0.1) is 15.9 Å². The molecule has 0 saturated carbocycles. The minimum Gasteiger partial charge on any atom is -0.461 e. The quantitative estimate of drug-likeness (QED) is 0.389. The van der Waals surface area contributed by atoms with Crippen LogP contribution in [0.2, 0.25) is 5.02 Å². The molecule has 0 unspecified atom stereocenters. The third-order valence-corrected chi connectivity index (χ3v) is 3.86. The van der Waals surface area contributed by atoms with Gasteiger partial charge in [0.15, 0.2) is 0 Å². The topological polar surface area (TPSA) is 74.4 Å². The molecule has 6 nitrogen and oxygen atoms in total. The van der Waals surface area contributed by atoms with Gasteiger partial charge in [0.25, 0.3) is 5.69 Å². The van der Waals surface area contributed by atoms with Gasteiger partial charge < -0.3 is 4.74 Å². The standard InChI is InChI=1S/C17H12ClFN2O4/c1-2-25-17(22)16-8-10-7-11(18)3-5-13(10)20(16)15-9-12(19)4-6-14(15)21(23)24/h3-9H,2H2,1H3. The van der Waals surface area contributed by atoms with Gasteiger partial charge in [-0.3, -0.25) is 14.7 Å². The highest BCUT2D eigenvalue weighted by atomic mass is 35.5. The van der Waals surface area contributed by atoms with Gasteiger partial charge in [-0.15, -0.1) is 0 Å². The van der Waals surface area contributed by atoms with Crippen LogP contribution in [0.15, 0.2) is 42.5 Å². The van der Waals surface area contributed by atoms with Crippen molar-refractivity contribution in [3.05, 3.63) is 69.1 Å². The number of carbonyl (C=O) groups is 1. The van der Waals surface area contributed by atoms with Gasteiger partial charge in [-0.25, -0.2) is 9.18 Å². The molecule has 0 fully saturated rings. The van der Waals surface area contributed by atoms with E-state index in [-0.39, 0.29) is 23.7 Å². The van der Waals surface area contributed by atoms with Crippen molar-refractivity contribution in [3.63, 3.8) is 0 Å². The van der Waals surface area contributed by atoms with E-state index in [2.05, 4.69) is 0 Å². The van der Waals surface area contributed by atoms with Gasteiger partial charge in [0.2, 0.25) is 0 Å². The molecule has 8 heteroatoms. The highest BCUT2D eigenvalue weighted by Crippen LogP contribution is 2.32. The van der Waals surface area contributed by atoms with Crippen LogP contribution in [-0.4, -0.2) is 22.1 Å². The maximum Gasteiger partial charge on any atom is 0.355 e. The number of carbonyl (C=O) groups excluding carboxylic acids is 1. The van der Waals surface area contributed by atoms with E-state index in [0.717, 1.165) is 18.2 Å². The fraction of sp³-hybridized carbons (Fsp3) is 0.118. The average Bonchev–Trinajstić information content (AvgIpc) is 2.93. The van der Waals surface area contributed by atoms with E-state index in [1.165, 1.54) is 10.6 Å². The van der Waals surface area contributed by atoms with Crippen LogP contribution in [0.25, 0.3) is 16.6 Å². The molecule has 0 N–H and O–H groups in total. The summed E-state index contributed by atoms with van der Waals surface area (Å²) in [7, 11) is 0. The van der Waals surface area contributed by atoms with Gasteiger partial charge in [0.05, 0.1) is 17.0 Å². The average molecular weight is 363 g/mol. The normalized spacial score (nSPS) is 10.8. The predicted octanol–water partition coefficient (Wildman–Crippen LogP) is 4.51. The molecule has 25 heavy (non-hydrogen) atoms. The van der Waals surface area contributed by atoms with E-state index < -0.39 is 16.7 Å². The third kappa shape index (κ3) is 3.06. The van der Waals surface area contributed by atoms with Crippen LogP contribution in [-0.2, 0) is 4.74 Å². The van der Waals surface area contributed by atoms with Crippen molar-refractivity contribution in [1.29, 1.82) is 0 Å². The van der Waals surface area contributed by atoms with Crippen LogP contribution in [0.3, 0.4) is 0 Å². The molecule has 0 aliphatic carbocycles. The van der Waals surface area contributed by atoms with Crippen molar-refractivity contribution in [1.82, 2.24) is 4.57 Å². The largest absolute Gasteiger partial charge is 0.461 e. The molecule has 0 bridgehead atoms. The van der Waals surface area contributed by atoms with Crippen molar-refractivity contribution in [3.8, 4) is 5.69 Å². The molecule has 0 radical (unpaired) electrons. The van der Waals surface area contributed by atoms with E-state index in [1.54, 1.807) is 25.1 Å². The second-order valence-corrected chi connectivity index (χ2v) is 5.62. The number of esters is 1. The lowest BCUT2D eigenvalue weighted by molar-refractivity contribution is -0.384. The number of hydrogen-bond donors (Lipinski definition) is 0. The Kier molecular flexibility index (Phi) is 4.41. The van der Waals surface area contributed by atoms with E-state index in [9.17, 15) is 19.3 Å². The predicted molar refractivity (Wildman–Crippen MR) is 90.9 cm³/mol. The summed E-state index contributed by atoms with van der Waals surface area (Å²) in [6.45, 7) is 1.78. The van der Waals surface area contributed by atoms with Gasteiger partial charge in [0.1, 0.15) is 17.2 Å². The first-order valence-corrected chi connectivity index (χ1v) is 7.72. The Labute approximate surface area is 146 Å². The molecule has 128 valence electrons. The summed E-state index contributed by atoms with van der Waals surface area (Å²) < 4.78 is 20.1. The number of nitro groups is 1. The number of nitro benzene ring substituents is 1. The van der Waals surface area contributed by atoms with Crippen LogP contribution >= 0.6 is 11.6 Å². The molecule has 0 spiro atoms. The molecule has 3 rings (SSSR count). The van der Waals surface area contributed by atoms with Crippen molar-refractivity contribution in [2.75, 3.05) is 6.61 Å². The number of aromatic nitrogens is 1. The Morgan fingerprint density at radius 2 is 2.04 bits per heavy atom. The van der Waals surface area contributed by atoms with Crippen molar-refractivity contribution >= 4 is 34.2 Å². The summed E-state index contributed by atoms with van der Waals surface area (Å²) in [4.78, 5) is 23.0. The molecule has 2 aromatic carbocycles. The first-order chi connectivity index (χ1) is 11.9. The highest BCUT2D eigenvalue weighted by Gasteiger charge is 2.24. The number of fused-ring (bicyclic) bond motifs is 1. The molecule has 0 atom stereocenters. The lowest BCUT2D eigenvalue weighted by atomic mass is 10.2. The SMILES string of the molecule is CCOC(=O)c1cc2cc(Cl)ccc2n1-c1cc(F)ccc1[N+](=O)[O-]. The van der Waals surface area contributed by atoms with Crippen LogP contribution in [0.5, 0.6) is 0 Å². The van der Waals surface area contributed by atoms with Gasteiger partial charge >= 0.3 is 5.97 Å². The van der Waals surface area contributed by atoms with Gasteiger partial charge in [-0.05, 0) is 37.3 Å². The summed E-state index contributed by atoms with van der Waals surface area (Å²) in [6.07, 6.45) is 0. The molecular weight excluding hydrogens is 351 g/mol. The van der Waals surface area contributed by atoms with E-state index in [0.29, 0.717) is 15.9 Å². The van der Waals surface area contributed by atoms with Crippen molar-refractivity contribution in [2.24, 2.45) is 0 Å². The van der Waals surface area contributed by atoms with Gasteiger partial charge in [-0.1, -0.05) is 11.6 Å². The van der Waals surface area contributed by atoms with Gasteiger partial charge in [-0.2, -0.15) is 0 Å². The van der Waals surface area contributed by atoms with Crippen molar-refractivity contribution < 1.29 is 18.8 Å². The number of hydrogen-bond acceptors (Lipinski definition) is 4. The Bertz CT molecular complexity index is 1000. The minimum absolute atomic E-state index is 0.0489. The molecule has 0 saturated heterocycles. The Balaban J connectivity index is 2.38. The molecular formula is C17H12ClFN2O4. The summed E-state index contributed by atoms with van der Waals surface area (Å²) in [5, 5.41) is 12.4. The fourth-order valence-corrected chi connectivity index (χ4v) is 2.81. The first kappa shape index (κ1) is 16.9. The Hall–Kier alpha value is -2.93. The van der Waals surface area contributed by atoms with Crippen LogP contribution in [0.4, 0.5) is 10.1 Å². The summed E-state index contributed by atoms with van der Waals surface area (Å²) in [6, 6.07) is 9.37. The Morgan fingerprint density at radius 3 is 2.72 bits per heavy atom. The lowest BCUT2D eigenvalue weighted by Gasteiger charge is -2.11. The zero-order valence-corrected chi connectivity index (χ0v) is 13.8. The van der Waals surface area contributed by atoms with E-state index in [4.69, 9.17) is 16.3 Å². The van der Waals surface area contributed by atoms with Crippen molar-refractivity contribution in [2.45, 2.75) is 6.92 Å². The monoisotopic (exact) mass is 362 g/mol. The Morgan fingerprint density at radius 1 is 1.28 bits per heavy atom. The molecule has 0 amide bonds. The van der Waals surface area contributed by atoms with Gasteiger partial charge in [0, 0.05) is 22.5 Å². The zero-order chi connectivity index (χ0) is 18.1. The summed E-state index contributed by atoms with van der Waals surface area (Å²) in [5.74, 6) is -1.33. The lowest BCUT2D eigenvalue weighted by Crippen LogP contribution is -2.12. The summed E-state index contributed by atoms with van der Waals surface area (Å²) in [5.41, 5.74) is 0.124. The van der Waals surface area contributed by atoms with E-state index >= 15 is 0 Å². The molecule has 3 aromatic rings. The summed E-state index contributed by atoms with van der Waals surface area (Å²) >= 11 is 5.98. The molecule has 0 aliphatic heterocycles. The number of halogens is 2. The second-order valence-electron chi connectivity index (χ2n) is 5.18. The fourth-order valence-electron chi connectivity index (χ4n) is 2.63. The number of nitrogens with zero attached hydrogens (tertiary/aromatic N) is 2. The van der Waals surface area contributed by atoms with Crippen LogP contribution < -0.4 is 0 Å². The molecule has 1 heterocycles. The first-order valence-electron chi connectivity index (χ1n) is 7.34. The second kappa shape index (κ2) is 6.52. The minimum atomic E-state index is -0.673. The number of benzene rings is 2. The molecule has 0 aliphatic rings. The number of ether oxygens (including phenoxy) is 1. The smallest absolute Gasteiger partial charge is 0.355 e. The van der Waals surface area contributed by atoms with Crippen LogP contribution in [0.1, 0.15) is 17.4 Å².